The van der Waals surface area contributed by atoms with E-state index >= 15 is 0 Å². The van der Waals surface area contributed by atoms with Gasteiger partial charge in [-0.2, -0.15) is 0 Å². The summed E-state index contributed by atoms with van der Waals surface area (Å²) >= 11 is 0. The zero-order valence-electron chi connectivity index (χ0n) is 9.12. The summed E-state index contributed by atoms with van der Waals surface area (Å²) in [6.45, 7) is 3.28. The van der Waals surface area contributed by atoms with Gasteiger partial charge in [0.25, 0.3) is 0 Å². The molecule has 0 radical (unpaired) electrons. The van der Waals surface area contributed by atoms with Crippen LogP contribution in [0.5, 0.6) is 0 Å². The van der Waals surface area contributed by atoms with Crippen LogP contribution in [0.4, 0.5) is 0 Å². The van der Waals surface area contributed by atoms with Gasteiger partial charge in [0.15, 0.2) is 0 Å². The minimum absolute atomic E-state index is 0.215. The van der Waals surface area contributed by atoms with Crippen LogP contribution < -0.4 is 10.5 Å². The number of hydrogen-bond donors (Lipinski definition) is 2. The molecule has 5 nitrogen and oxygen atoms in total. The van der Waals surface area contributed by atoms with Gasteiger partial charge in [0, 0.05) is 6.54 Å². The van der Waals surface area contributed by atoms with Crippen LogP contribution in [-0.4, -0.2) is 26.1 Å². The Kier molecular flexibility index (Phi) is 3.40. The second-order valence-corrected chi connectivity index (χ2v) is 6.60. The largest absolute Gasteiger partial charge is 0.329 e. The maximum Gasteiger partial charge on any atom is 0.240 e. The van der Waals surface area contributed by atoms with Gasteiger partial charge in [0.05, 0.1) is 10.7 Å². The van der Waals surface area contributed by atoms with Gasteiger partial charge >= 0.3 is 0 Å². The van der Waals surface area contributed by atoms with Gasteiger partial charge in [-0.1, -0.05) is 6.42 Å². The lowest BCUT2D eigenvalue weighted by Gasteiger charge is -2.38. The lowest BCUT2D eigenvalue weighted by atomic mass is 9.68. The standard InChI is InChI=1S/C9H18N2O3S/c1-7(2)15(13,14)11-8(12)9(6-10)4-3-5-9/h7H,3-6,10H2,1-2H3,(H,11,12). The number of carbonyl (C=O) groups is 1. The van der Waals surface area contributed by atoms with Crippen LogP contribution in [0, 0.1) is 5.41 Å². The Morgan fingerprint density at radius 2 is 2.00 bits per heavy atom. The lowest BCUT2D eigenvalue weighted by molar-refractivity contribution is -0.133. The van der Waals surface area contributed by atoms with E-state index in [0.29, 0.717) is 12.8 Å². The molecule has 1 rings (SSSR count). The molecule has 1 amide bonds. The highest BCUT2D eigenvalue weighted by atomic mass is 32.2. The molecule has 1 aliphatic rings. The molecule has 0 heterocycles. The van der Waals surface area contributed by atoms with Crippen molar-refractivity contribution in [2.45, 2.75) is 38.4 Å². The lowest BCUT2D eigenvalue weighted by Crippen LogP contribution is -2.52. The molecule has 0 spiro atoms. The van der Waals surface area contributed by atoms with Crippen molar-refractivity contribution in [3.63, 3.8) is 0 Å². The number of nitrogens with two attached hydrogens (primary N) is 1. The van der Waals surface area contributed by atoms with Crippen molar-refractivity contribution < 1.29 is 13.2 Å². The van der Waals surface area contributed by atoms with Gasteiger partial charge in [-0.05, 0) is 26.7 Å². The first-order valence-corrected chi connectivity index (χ1v) is 6.65. The monoisotopic (exact) mass is 234 g/mol. The van der Waals surface area contributed by atoms with Crippen molar-refractivity contribution in [2.75, 3.05) is 6.54 Å². The molecule has 1 saturated carbocycles. The van der Waals surface area contributed by atoms with Gasteiger partial charge in [0.1, 0.15) is 0 Å². The maximum absolute atomic E-state index is 11.7. The topological polar surface area (TPSA) is 89.3 Å². The minimum atomic E-state index is -3.52. The minimum Gasteiger partial charge on any atom is -0.329 e. The van der Waals surface area contributed by atoms with Gasteiger partial charge in [0.2, 0.25) is 15.9 Å². The van der Waals surface area contributed by atoms with Crippen LogP contribution in [0.3, 0.4) is 0 Å². The maximum atomic E-state index is 11.7. The summed E-state index contributed by atoms with van der Waals surface area (Å²) < 4.78 is 25.0. The van der Waals surface area contributed by atoms with Crippen molar-refractivity contribution in [3.05, 3.63) is 0 Å². The zero-order chi connectivity index (χ0) is 11.7. The molecule has 0 aromatic rings. The third-order valence-electron chi connectivity index (χ3n) is 3.04. The van der Waals surface area contributed by atoms with E-state index in [1.807, 2.05) is 0 Å². The van der Waals surface area contributed by atoms with Crippen molar-refractivity contribution >= 4 is 15.9 Å². The van der Waals surface area contributed by atoms with Crippen molar-refractivity contribution in [3.8, 4) is 0 Å². The molecule has 6 heteroatoms. The second kappa shape index (κ2) is 4.09. The highest BCUT2D eigenvalue weighted by Gasteiger charge is 2.44. The zero-order valence-corrected chi connectivity index (χ0v) is 9.93. The van der Waals surface area contributed by atoms with Gasteiger partial charge in [-0.15, -0.1) is 0 Å². The Labute approximate surface area is 90.5 Å². The first-order chi connectivity index (χ1) is 6.84. The Morgan fingerprint density at radius 3 is 2.27 bits per heavy atom. The first-order valence-electron chi connectivity index (χ1n) is 5.10. The number of carbonyl (C=O) groups excluding carboxylic acids is 1. The highest BCUT2D eigenvalue weighted by molar-refractivity contribution is 7.90. The van der Waals surface area contributed by atoms with Gasteiger partial charge in [-0.25, -0.2) is 8.42 Å². The smallest absolute Gasteiger partial charge is 0.240 e. The van der Waals surface area contributed by atoms with Crippen LogP contribution in [0.25, 0.3) is 0 Å². The summed E-state index contributed by atoms with van der Waals surface area (Å²) in [4.78, 5) is 11.7. The van der Waals surface area contributed by atoms with Crippen LogP contribution >= 0.6 is 0 Å². The molecule has 0 atom stereocenters. The average Bonchev–Trinajstić information content (AvgIpc) is 2.01. The quantitative estimate of drug-likeness (QED) is 0.715. The second-order valence-electron chi connectivity index (χ2n) is 4.36. The summed E-state index contributed by atoms with van der Waals surface area (Å²) in [6, 6.07) is 0. The summed E-state index contributed by atoms with van der Waals surface area (Å²) in [5.41, 5.74) is 4.87. The molecule has 88 valence electrons. The number of amides is 1. The van der Waals surface area contributed by atoms with Crippen LogP contribution in [0.1, 0.15) is 33.1 Å². The van der Waals surface area contributed by atoms with Crippen molar-refractivity contribution in [1.82, 2.24) is 4.72 Å². The van der Waals surface area contributed by atoms with Crippen LogP contribution in [0.2, 0.25) is 0 Å². The first kappa shape index (κ1) is 12.4. The molecule has 0 aromatic carbocycles. The van der Waals surface area contributed by atoms with Gasteiger partial charge in [-0.3, -0.25) is 9.52 Å². The summed E-state index contributed by atoms with van der Waals surface area (Å²) in [7, 11) is -3.52. The fourth-order valence-electron chi connectivity index (χ4n) is 1.48. The molecule has 15 heavy (non-hydrogen) atoms. The van der Waals surface area contributed by atoms with E-state index in [1.54, 1.807) is 0 Å². The van der Waals surface area contributed by atoms with Crippen molar-refractivity contribution in [1.29, 1.82) is 0 Å². The fraction of sp³-hybridized carbons (Fsp3) is 0.889. The van der Waals surface area contributed by atoms with E-state index in [2.05, 4.69) is 4.72 Å². The SMILES string of the molecule is CC(C)S(=O)(=O)NC(=O)C1(CN)CCC1. The molecule has 1 fully saturated rings. The molecular weight excluding hydrogens is 216 g/mol. The Hall–Kier alpha value is -0.620. The van der Waals surface area contributed by atoms with E-state index in [9.17, 15) is 13.2 Å². The van der Waals surface area contributed by atoms with E-state index in [0.717, 1.165) is 6.42 Å². The van der Waals surface area contributed by atoms with E-state index in [-0.39, 0.29) is 6.54 Å². The Morgan fingerprint density at radius 1 is 1.47 bits per heavy atom. The predicted octanol–water partition coefficient (Wildman–Crippen LogP) is -0.0302. The Bertz CT molecular complexity index is 339. The fourth-order valence-corrected chi connectivity index (χ4v) is 2.19. The summed E-state index contributed by atoms with van der Waals surface area (Å²) in [6.07, 6.45) is 2.30. The van der Waals surface area contributed by atoms with Crippen LogP contribution in [0.15, 0.2) is 0 Å². The molecule has 0 aromatic heterocycles. The molecule has 0 unspecified atom stereocenters. The van der Waals surface area contributed by atoms with E-state index in [4.69, 9.17) is 5.73 Å². The number of sulfonamides is 1. The van der Waals surface area contributed by atoms with E-state index < -0.39 is 26.6 Å². The third-order valence-corrected chi connectivity index (χ3v) is 4.75. The number of nitrogens with one attached hydrogen (secondary N) is 1. The third kappa shape index (κ3) is 2.31. The Balaban J connectivity index is 2.71. The molecule has 0 bridgehead atoms. The molecular formula is C9H18N2O3S. The summed E-state index contributed by atoms with van der Waals surface area (Å²) in [5, 5.41) is -0.601. The molecule has 0 aliphatic heterocycles. The average molecular weight is 234 g/mol. The number of hydrogen-bond acceptors (Lipinski definition) is 4. The normalized spacial score (nSPS) is 19.7. The van der Waals surface area contributed by atoms with Crippen molar-refractivity contribution in [2.24, 2.45) is 11.1 Å². The summed E-state index contributed by atoms with van der Waals surface area (Å²) in [5.74, 6) is -0.440. The van der Waals surface area contributed by atoms with Crippen LogP contribution in [-0.2, 0) is 14.8 Å². The number of rotatable bonds is 4. The predicted molar refractivity (Wildman–Crippen MR) is 57.5 cm³/mol. The highest BCUT2D eigenvalue weighted by Crippen LogP contribution is 2.40. The molecule has 1 aliphatic carbocycles. The molecule has 0 saturated heterocycles. The van der Waals surface area contributed by atoms with Gasteiger partial charge < -0.3 is 5.73 Å². The molecule has 3 N–H and O–H groups in total. The van der Waals surface area contributed by atoms with E-state index in [1.165, 1.54) is 13.8 Å².